The number of rotatable bonds is 5. The number of alkyl halides is 1. The van der Waals surface area contributed by atoms with Gasteiger partial charge in [-0.25, -0.2) is 0 Å². The van der Waals surface area contributed by atoms with Gasteiger partial charge in [0.05, 0.1) is 13.2 Å². The number of aliphatic hydroxyl groups excluding tert-OH is 1. The zero-order valence-electron chi connectivity index (χ0n) is 9.40. The molecular weight excluding hydrogens is 331 g/mol. The van der Waals surface area contributed by atoms with Crippen molar-refractivity contribution in [2.45, 2.75) is 12.2 Å². The molecule has 1 atom stereocenters. The van der Waals surface area contributed by atoms with Crippen molar-refractivity contribution >= 4 is 22.6 Å². The molecule has 0 fully saturated rings. The molecule has 17 heavy (non-hydrogen) atoms. The van der Waals surface area contributed by atoms with Crippen molar-refractivity contribution in [3.63, 3.8) is 0 Å². The van der Waals surface area contributed by atoms with Crippen molar-refractivity contribution in [3.05, 3.63) is 35.9 Å². The molecule has 2 N–H and O–H groups in total. The van der Waals surface area contributed by atoms with E-state index in [2.05, 4.69) is 11.8 Å². The van der Waals surface area contributed by atoms with Gasteiger partial charge in [-0.1, -0.05) is 64.8 Å². The molecule has 1 aromatic carbocycles. The zero-order valence-corrected chi connectivity index (χ0v) is 11.6. The molecule has 0 spiro atoms. The lowest BCUT2D eigenvalue weighted by Gasteiger charge is -2.14. The summed E-state index contributed by atoms with van der Waals surface area (Å²) in [5.74, 6) is 5.32. The molecule has 0 aromatic heterocycles. The Labute approximate surface area is 115 Å². The molecule has 0 aliphatic carbocycles. The molecule has 0 aliphatic heterocycles. The van der Waals surface area contributed by atoms with Gasteiger partial charge in [0.15, 0.2) is 5.60 Å². The SMILES string of the molecule is OCC(O)(C#CCOCc1ccccc1)CI. The first-order valence-corrected chi connectivity index (χ1v) is 6.73. The van der Waals surface area contributed by atoms with Crippen LogP contribution < -0.4 is 0 Å². The molecule has 0 radical (unpaired) electrons. The van der Waals surface area contributed by atoms with E-state index in [1.807, 2.05) is 52.9 Å². The van der Waals surface area contributed by atoms with E-state index in [-0.39, 0.29) is 13.2 Å². The maximum absolute atomic E-state index is 9.66. The van der Waals surface area contributed by atoms with Crippen LogP contribution in [0, 0.1) is 11.8 Å². The van der Waals surface area contributed by atoms with Gasteiger partial charge in [-0.05, 0) is 5.56 Å². The average Bonchev–Trinajstić information content (AvgIpc) is 2.39. The van der Waals surface area contributed by atoms with Crippen LogP contribution >= 0.6 is 22.6 Å². The van der Waals surface area contributed by atoms with Crippen LogP contribution in [0.15, 0.2) is 30.3 Å². The average molecular weight is 346 g/mol. The molecule has 0 bridgehead atoms. The van der Waals surface area contributed by atoms with Gasteiger partial charge in [0, 0.05) is 4.43 Å². The van der Waals surface area contributed by atoms with Crippen LogP contribution in [-0.4, -0.2) is 33.5 Å². The summed E-state index contributed by atoms with van der Waals surface area (Å²) in [5.41, 5.74) is -0.225. The van der Waals surface area contributed by atoms with Crippen molar-refractivity contribution in [1.29, 1.82) is 0 Å². The normalized spacial score (nSPS) is 13.6. The molecule has 0 aliphatic rings. The minimum Gasteiger partial charge on any atom is -0.392 e. The Morgan fingerprint density at radius 1 is 1.29 bits per heavy atom. The van der Waals surface area contributed by atoms with E-state index in [1.165, 1.54) is 0 Å². The molecule has 3 nitrogen and oxygen atoms in total. The maximum atomic E-state index is 9.66. The largest absolute Gasteiger partial charge is 0.392 e. The number of hydrogen-bond donors (Lipinski definition) is 2. The van der Waals surface area contributed by atoms with Gasteiger partial charge in [0.1, 0.15) is 6.61 Å². The van der Waals surface area contributed by atoms with Crippen molar-refractivity contribution in [2.75, 3.05) is 17.6 Å². The predicted molar refractivity (Wildman–Crippen MR) is 74.8 cm³/mol. The molecule has 92 valence electrons. The topological polar surface area (TPSA) is 49.7 Å². The van der Waals surface area contributed by atoms with E-state index in [0.29, 0.717) is 11.0 Å². The lowest BCUT2D eigenvalue weighted by molar-refractivity contribution is 0.0578. The van der Waals surface area contributed by atoms with Crippen LogP contribution in [0.25, 0.3) is 0 Å². The highest BCUT2D eigenvalue weighted by Crippen LogP contribution is 2.06. The highest BCUT2D eigenvalue weighted by molar-refractivity contribution is 14.1. The van der Waals surface area contributed by atoms with E-state index in [1.54, 1.807) is 0 Å². The molecule has 1 aromatic rings. The Morgan fingerprint density at radius 2 is 2.00 bits per heavy atom. The van der Waals surface area contributed by atoms with Gasteiger partial charge in [-0.15, -0.1) is 0 Å². The Hall–Kier alpha value is -0.610. The van der Waals surface area contributed by atoms with E-state index in [0.717, 1.165) is 5.56 Å². The highest BCUT2D eigenvalue weighted by Gasteiger charge is 2.20. The van der Waals surface area contributed by atoms with Gasteiger partial charge in [-0.2, -0.15) is 0 Å². The smallest absolute Gasteiger partial charge is 0.157 e. The first kappa shape index (κ1) is 14.5. The van der Waals surface area contributed by atoms with Crippen LogP contribution in [-0.2, 0) is 11.3 Å². The third-order valence-electron chi connectivity index (χ3n) is 2.09. The number of hydrogen-bond acceptors (Lipinski definition) is 3. The van der Waals surface area contributed by atoms with Gasteiger partial charge < -0.3 is 14.9 Å². The summed E-state index contributed by atoms with van der Waals surface area (Å²) in [6.45, 7) is 0.382. The first-order valence-electron chi connectivity index (χ1n) is 5.21. The predicted octanol–water partition coefficient (Wildman–Crippen LogP) is 1.36. The number of ether oxygens (including phenoxy) is 1. The molecule has 0 heterocycles. The van der Waals surface area contributed by atoms with Crippen LogP contribution in [0.5, 0.6) is 0 Å². The van der Waals surface area contributed by atoms with Crippen molar-refractivity contribution in [3.8, 4) is 11.8 Å². The Kier molecular flexibility index (Phi) is 6.52. The Morgan fingerprint density at radius 3 is 2.59 bits per heavy atom. The van der Waals surface area contributed by atoms with Crippen molar-refractivity contribution in [1.82, 2.24) is 0 Å². The van der Waals surface area contributed by atoms with Gasteiger partial charge in [0.25, 0.3) is 0 Å². The van der Waals surface area contributed by atoms with Gasteiger partial charge in [0.2, 0.25) is 0 Å². The number of benzene rings is 1. The maximum Gasteiger partial charge on any atom is 0.157 e. The lowest BCUT2D eigenvalue weighted by Crippen LogP contribution is -2.33. The third kappa shape index (κ3) is 5.50. The Bertz CT molecular complexity index is 377. The monoisotopic (exact) mass is 346 g/mol. The van der Waals surface area contributed by atoms with Crippen LogP contribution in [0.2, 0.25) is 0 Å². The van der Waals surface area contributed by atoms with Gasteiger partial charge in [-0.3, -0.25) is 0 Å². The van der Waals surface area contributed by atoms with E-state index >= 15 is 0 Å². The molecular formula is C13H15IO3. The minimum absolute atomic E-state index is 0.244. The molecule has 0 saturated heterocycles. The van der Waals surface area contributed by atoms with Crippen LogP contribution in [0.3, 0.4) is 0 Å². The molecule has 0 saturated carbocycles. The second-order valence-electron chi connectivity index (χ2n) is 3.60. The van der Waals surface area contributed by atoms with Crippen molar-refractivity contribution in [2.24, 2.45) is 0 Å². The standard InChI is InChI=1S/C13H15IO3/c14-10-13(16,11-15)7-4-8-17-9-12-5-2-1-3-6-12/h1-3,5-6,15-16H,8-11H2. The molecule has 1 unspecified atom stereocenters. The fourth-order valence-corrected chi connectivity index (χ4v) is 1.54. The quantitative estimate of drug-likeness (QED) is 0.366. The lowest BCUT2D eigenvalue weighted by atomic mass is 10.1. The van der Waals surface area contributed by atoms with E-state index in [9.17, 15) is 5.11 Å². The summed E-state index contributed by atoms with van der Waals surface area (Å²) in [6, 6.07) is 9.80. The second-order valence-corrected chi connectivity index (χ2v) is 4.37. The molecule has 0 amide bonds. The van der Waals surface area contributed by atoms with E-state index < -0.39 is 5.60 Å². The van der Waals surface area contributed by atoms with Crippen molar-refractivity contribution < 1.29 is 14.9 Å². The summed E-state index contributed by atoms with van der Waals surface area (Å²) >= 11 is 1.98. The summed E-state index contributed by atoms with van der Waals surface area (Å²) in [5, 5.41) is 18.6. The number of aliphatic hydroxyl groups is 2. The molecule has 1 rings (SSSR count). The van der Waals surface area contributed by atoms with Crippen LogP contribution in [0.4, 0.5) is 0 Å². The number of halogens is 1. The van der Waals surface area contributed by atoms with Gasteiger partial charge >= 0.3 is 0 Å². The van der Waals surface area contributed by atoms with E-state index in [4.69, 9.17) is 9.84 Å². The second kappa shape index (κ2) is 7.67. The molecule has 4 heteroatoms. The Balaban J connectivity index is 2.31. The first-order chi connectivity index (χ1) is 8.20. The summed E-state index contributed by atoms with van der Waals surface area (Å²) < 4.78 is 5.70. The van der Waals surface area contributed by atoms with Crippen LogP contribution in [0.1, 0.15) is 5.56 Å². The summed E-state index contributed by atoms with van der Waals surface area (Å²) in [7, 11) is 0. The summed E-state index contributed by atoms with van der Waals surface area (Å²) in [4.78, 5) is 0. The minimum atomic E-state index is -1.31. The zero-order chi connectivity index (χ0) is 12.6. The summed E-state index contributed by atoms with van der Waals surface area (Å²) in [6.07, 6.45) is 0. The fourth-order valence-electron chi connectivity index (χ4n) is 1.11. The fraction of sp³-hybridized carbons (Fsp3) is 0.385. The third-order valence-corrected chi connectivity index (χ3v) is 3.35. The highest BCUT2D eigenvalue weighted by atomic mass is 127.